The number of nitrogens with one attached hydrogen (secondary N) is 2. The molecule has 2 aliphatic rings. The second-order valence-electron chi connectivity index (χ2n) is 6.47. The SMILES string of the molecule is O=C(NCCc1ccccc1)C1CC1C(=O)NC1CCCC1. The van der Waals surface area contributed by atoms with Gasteiger partial charge in [0.25, 0.3) is 0 Å². The minimum atomic E-state index is -0.114. The quantitative estimate of drug-likeness (QED) is 0.844. The fourth-order valence-corrected chi connectivity index (χ4v) is 3.26. The highest BCUT2D eigenvalue weighted by Gasteiger charge is 2.48. The zero-order valence-electron chi connectivity index (χ0n) is 12.9. The molecule has 118 valence electrons. The Kier molecular flexibility index (Phi) is 4.76. The van der Waals surface area contributed by atoms with Gasteiger partial charge < -0.3 is 10.6 Å². The monoisotopic (exact) mass is 300 g/mol. The molecule has 4 heteroatoms. The highest BCUT2D eigenvalue weighted by Crippen LogP contribution is 2.39. The summed E-state index contributed by atoms with van der Waals surface area (Å²) >= 11 is 0. The zero-order valence-corrected chi connectivity index (χ0v) is 12.9. The van der Waals surface area contributed by atoms with Crippen molar-refractivity contribution < 1.29 is 9.59 Å². The zero-order chi connectivity index (χ0) is 15.4. The van der Waals surface area contributed by atoms with Crippen LogP contribution in [0, 0.1) is 11.8 Å². The van der Waals surface area contributed by atoms with Crippen molar-refractivity contribution in [3.63, 3.8) is 0 Å². The molecule has 2 aliphatic carbocycles. The van der Waals surface area contributed by atoms with Gasteiger partial charge in [0, 0.05) is 12.6 Å². The lowest BCUT2D eigenvalue weighted by atomic mass is 10.1. The van der Waals surface area contributed by atoms with Crippen molar-refractivity contribution in [1.82, 2.24) is 10.6 Å². The third kappa shape index (κ3) is 3.87. The van der Waals surface area contributed by atoms with E-state index in [1.165, 1.54) is 18.4 Å². The van der Waals surface area contributed by atoms with E-state index in [-0.39, 0.29) is 23.7 Å². The van der Waals surface area contributed by atoms with Crippen LogP contribution in [0.4, 0.5) is 0 Å². The van der Waals surface area contributed by atoms with Crippen LogP contribution >= 0.6 is 0 Å². The third-order valence-corrected chi connectivity index (χ3v) is 4.72. The summed E-state index contributed by atoms with van der Waals surface area (Å²) in [4.78, 5) is 24.1. The van der Waals surface area contributed by atoms with Crippen LogP contribution < -0.4 is 10.6 Å². The fourth-order valence-electron chi connectivity index (χ4n) is 3.26. The fraction of sp³-hybridized carbons (Fsp3) is 0.556. The van der Waals surface area contributed by atoms with Crippen molar-refractivity contribution in [3.8, 4) is 0 Å². The molecule has 0 bridgehead atoms. The Morgan fingerprint density at radius 1 is 1.00 bits per heavy atom. The number of amides is 2. The molecule has 1 aromatic carbocycles. The molecule has 2 atom stereocenters. The van der Waals surface area contributed by atoms with E-state index in [0.717, 1.165) is 19.3 Å². The van der Waals surface area contributed by atoms with Crippen LogP contribution in [-0.4, -0.2) is 24.4 Å². The van der Waals surface area contributed by atoms with Gasteiger partial charge in [-0.25, -0.2) is 0 Å². The molecule has 2 unspecified atom stereocenters. The lowest BCUT2D eigenvalue weighted by molar-refractivity contribution is -0.127. The Labute approximate surface area is 131 Å². The van der Waals surface area contributed by atoms with Crippen LogP contribution in [0.15, 0.2) is 30.3 Å². The predicted molar refractivity (Wildman–Crippen MR) is 85.2 cm³/mol. The van der Waals surface area contributed by atoms with Gasteiger partial charge >= 0.3 is 0 Å². The maximum Gasteiger partial charge on any atom is 0.224 e. The summed E-state index contributed by atoms with van der Waals surface area (Å²) in [7, 11) is 0. The topological polar surface area (TPSA) is 58.2 Å². The van der Waals surface area contributed by atoms with Gasteiger partial charge in [-0.15, -0.1) is 0 Å². The van der Waals surface area contributed by atoms with E-state index in [4.69, 9.17) is 0 Å². The minimum absolute atomic E-state index is 0.0301. The second kappa shape index (κ2) is 6.95. The molecule has 22 heavy (non-hydrogen) atoms. The highest BCUT2D eigenvalue weighted by atomic mass is 16.2. The first-order valence-corrected chi connectivity index (χ1v) is 8.36. The number of carbonyl (C=O) groups excluding carboxylic acids is 2. The number of benzene rings is 1. The van der Waals surface area contributed by atoms with Crippen molar-refractivity contribution in [3.05, 3.63) is 35.9 Å². The lowest BCUT2D eigenvalue weighted by Crippen LogP contribution is -2.35. The van der Waals surface area contributed by atoms with Gasteiger partial charge in [0.2, 0.25) is 11.8 Å². The molecule has 0 heterocycles. The molecule has 0 radical (unpaired) electrons. The molecule has 1 aromatic rings. The summed E-state index contributed by atoms with van der Waals surface area (Å²) in [6.45, 7) is 0.635. The van der Waals surface area contributed by atoms with E-state index in [2.05, 4.69) is 22.8 Å². The van der Waals surface area contributed by atoms with Gasteiger partial charge in [0.15, 0.2) is 0 Å². The molecule has 0 saturated heterocycles. The Morgan fingerprint density at radius 2 is 1.68 bits per heavy atom. The summed E-state index contributed by atoms with van der Waals surface area (Å²) in [6.07, 6.45) is 6.13. The van der Waals surface area contributed by atoms with Gasteiger partial charge in [0.05, 0.1) is 11.8 Å². The molecule has 0 spiro atoms. The summed E-state index contributed by atoms with van der Waals surface area (Å²) in [5.74, 6) is -0.105. The van der Waals surface area contributed by atoms with Gasteiger partial charge in [-0.1, -0.05) is 43.2 Å². The van der Waals surface area contributed by atoms with Crippen molar-refractivity contribution >= 4 is 11.8 Å². The molecular formula is C18H24N2O2. The van der Waals surface area contributed by atoms with Crippen LogP contribution in [0.1, 0.15) is 37.7 Å². The smallest absolute Gasteiger partial charge is 0.224 e. The standard InChI is InChI=1S/C18H24N2O2/c21-17(19-11-10-13-6-2-1-3-7-13)15-12-16(15)18(22)20-14-8-4-5-9-14/h1-3,6-7,14-16H,4-5,8-12H2,(H,19,21)(H,20,22). The average molecular weight is 300 g/mol. The first-order chi connectivity index (χ1) is 10.7. The van der Waals surface area contributed by atoms with Crippen molar-refractivity contribution in [1.29, 1.82) is 0 Å². The molecule has 0 aromatic heterocycles. The maximum atomic E-state index is 12.1. The van der Waals surface area contributed by atoms with Gasteiger partial charge in [-0.3, -0.25) is 9.59 Å². The molecule has 4 nitrogen and oxygen atoms in total. The Bertz CT molecular complexity index is 523. The van der Waals surface area contributed by atoms with E-state index in [9.17, 15) is 9.59 Å². The van der Waals surface area contributed by atoms with Gasteiger partial charge in [-0.2, -0.15) is 0 Å². The number of hydrogen-bond acceptors (Lipinski definition) is 2. The number of carbonyl (C=O) groups is 2. The lowest BCUT2D eigenvalue weighted by Gasteiger charge is -2.11. The van der Waals surface area contributed by atoms with E-state index in [0.29, 0.717) is 19.0 Å². The van der Waals surface area contributed by atoms with Gasteiger partial charge in [0.1, 0.15) is 0 Å². The summed E-state index contributed by atoms with van der Waals surface area (Å²) in [5.41, 5.74) is 1.22. The molecule has 2 saturated carbocycles. The third-order valence-electron chi connectivity index (χ3n) is 4.72. The Balaban J connectivity index is 1.36. The van der Waals surface area contributed by atoms with E-state index in [1.807, 2.05) is 18.2 Å². The van der Waals surface area contributed by atoms with E-state index in [1.54, 1.807) is 0 Å². The largest absolute Gasteiger partial charge is 0.356 e. The van der Waals surface area contributed by atoms with Crippen LogP contribution in [0.3, 0.4) is 0 Å². The molecule has 2 fully saturated rings. The number of rotatable bonds is 6. The number of hydrogen-bond donors (Lipinski definition) is 2. The average Bonchev–Trinajstić information content (AvgIpc) is 3.19. The van der Waals surface area contributed by atoms with Crippen molar-refractivity contribution in [2.45, 2.75) is 44.6 Å². The second-order valence-corrected chi connectivity index (χ2v) is 6.47. The minimum Gasteiger partial charge on any atom is -0.356 e. The van der Waals surface area contributed by atoms with Crippen LogP contribution in [-0.2, 0) is 16.0 Å². The highest BCUT2D eigenvalue weighted by molar-refractivity contribution is 5.92. The predicted octanol–water partition coefficient (Wildman–Crippen LogP) is 2.04. The first-order valence-electron chi connectivity index (χ1n) is 8.36. The summed E-state index contributed by atoms with van der Waals surface area (Å²) in [5, 5.41) is 6.04. The first kappa shape index (κ1) is 15.1. The van der Waals surface area contributed by atoms with Crippen molar-refractivity contribution in [2.75, 3.05) is 6.54 Å². The Morgan fingerprint density at radius 3 is 2.41 bits per heavy atom. The molecular weight excluding hydrogens is 276 g/mol. The van der Waals surface area contributed by atoms with Crippen LogP contribution in [0.2, 0.25) is 0 Å². The molecule has 2 N–H and O–H groups in total. The van der Waals surface area contributed by atoms with Crippen LogP contribution in [0.5, 0.6) is 0 Å². The maximum absolute atomic E-state index is 12.1. The van der Waals surface area contributed by atoms with Crippen LogP contribution in [0.25, 0.3) is 0 Å². The van der Waals surface area contributed by atoms with E-state index >= 15 is 0 Å². The van der Waals surface area contributed by atoms with E-state index < -0.39 is 0 Å². The molecule has 0 aliphatic heterocycles. The molecule has 3 rings (SSSR count). The van der Waals surface area contributed by atoms with Crippen molar-refractivity contribution in [2.24, 2.45) is 11.8 Å². The summed E-state index contributed by atoms with van der Waals surface area (Å²) < 4.78 is 0. The Hall–Kier alpha value is -1.84. The van der Waals surface area contributed by atoms with Gasteiger partial charge in [-0.05, 0) is 31.2 Å². The normalized spacial score (nSPS) is 24.0. The summed E-state index contributed by atoms with van der Waals surface area (Å²) in [6, 6.07) is 10.4. The molecule has 2 amide bonds.